The molecule has 0 spiro atoms. The maximum absolute atomic E-state index is 11.1. The number of benzene rings is 3. The summed E-state index contributed by atoms with van der Waals surface area (Å²) in [6.07, 6.45) is 0.799. The molecule has 0 unspecified atom stereocenters. The zero-order valence-electron chi connectivity index (χ0n) is 15.0. The molecule has 1 atom stereocenters. The Balaban J connectivity index is 1.73. The van der Waals surface area contributed by atoms with Gasteiger partial charge in [0.25, 0.3) is 0 Å². The molecular formula is C23H20N2O2. The average molecular weight is 356 g/mol. The van der Waals surface area contributed by atoms with Gasteiger partial charge < -0.3 is 5.11 Å². The quantitative estimate of drug-likeness (QED) is 0.712. The number of hydrogen-bond donors (Lipinski definition) is 1. The van der Waals surface area contributed by atoms with Crippen LogP contribution in [0.25, 0.3) is 0 Å². The maximum atomic E-state index is 11.1. The standard InChI is InChI=1S/C23H20N2O2/c1-16-7-9-18(10-8-16)22-15-21(17-5-3-2-4-6-17)24-25(22)20-13-11-19(12-14-20)23(26)27/h2-14,22H,15H2,1H3,(H,26,27)/t22-/m1/s1. The van der Waals surface area contributed by atoms with E-state index in [0.29, 0.717) is 0 Å². The zero-order valence-corrected chi connectivity index (χ0v) is 15.0. The van der Waals surface area contributed by atoms with Crippen molar-refractivity contribution in [1.29, 1.82) is 0 Å². The van der Waals surface area contributed by atoms with E-state index < -0.39 is 5.97 Å². The molecule has 1 aliphatic heterocycles. The number of anilines is 1. The van der Waals surface area contributed by atoms with Crippen LogP contribution in [0.1, 0.15) is 39.5 Å². The Morgan fingerprint density at radius 2 is 1.63 bits per heavy atom. The van der Waals surface area contributed by atoms with Crippen LogP contribution in [0, 0.1) is 6.92 Å². The van der Waals surface area contributed by atoms with Gasteiger partial charge >= 0.3 is 5.97 Å². The van der Waals surface area contributed by atoms with Crippen LogP contribution in [0.15, 0.2) is 84.0 Å². The highest BCUT2D eigenvalue weighted by Crippen LogP contribution is 2.36. The Morgan fingerprint density at radius 1 is 0.963 bits per heavy atom. The maximum Gasteiger partial charge on any atom is 0.335 e. The molecule has 4 rings (SSSR count). The van der Waals surface area contributed by atoms with E-state index in [1.807, 2.05) is 35.3 Å². The number of nitrogens with zero attached hydrogens (tertiary/aromatic N) is 2. The van der Waals surface area contributed by atoms with Crippen LogP contribution in [-0.4, -0.2) is 16.8 Å². The van der Waals surface area contributed by atoms with Crippen LogP contribution >= 0.6 is 0 Å². The number of carboxylic acids is 1. The van der Waals surface area contributed by atoms with E-state index in [1.54, 1.807) is 12.1 Å². The van der Waals surface area contributed by atoms with Crippen molar-refractivity contribution in [3.05, 3.63) is 101 Å². The summed E-state index contributed by atoms with van der Waals surface area (Å²) in [5, 5.41) is 16.0. The van der Waals surface area contributed by atoms with Crippen LogP contribution in [0.4, 0.5) is 5.69 Å². The molecule has 0 amide bonds. The topological polar surface area (TPSA) is 52.9 Å². The molecule has 0 saturated carbocycles. The molecule has 0 bridgehead atoms. The second kappa shape index (κ2) is 7.08. The van der Waals surface area contributed by atoms with Gasteiger partial charge in [-0.25, -0.2) is 4.79 Å². The van der Waals surface area contributed by atoms with E-state index in [-0.39, 0.29) is 11.6 Å². The molecule has 0 fully saturated rings. The molecule has 0 saturated heterocycles. The molecule has 134 valence electrons. The Hall–Kier alpha value is -3.40. The van der Waals surface area contributed by atoms with Crippen LogP contribution in [0.3, 0.4) is 0 Å². The van der Waals surface area contributed by atoms with Gasteiger partial charge in [-0.3, -0.25) is 5.01 Å². The van der Waals surface area contributed by atoms with E-state index in [9.17, 15) is 4.79 Å². The van der Waals surface area contributed by atoms with Crippen molar-refractivity contribution < 1.29 is 9.90 Å². The summed E-state index contributed by atoms with van der Waals surface area (Å²) in [6.45, 7) is 2.08. The van der Waals surface area contributed by atoms with Crippen molar-refractivity contribution >= 4 is 17.4 Å². The highest BCUT2D eigenvalue weighted by Gasteiger charge is 2.29. The molecule has 3 aromatic rings. The van der Waals surface area contributed by atoms with Crippen molar-refractivity contribution in [3.8, 4) is 0 Å². The molecular weight excluding hydrogens is 336 g/mol. The van der Waals surface area contributed by atoms with Crippen molar-refractivity contribution in [2.45, 2.75) is 19.4 Å². The monoisotopic (exact) mass is 356 g/mol. The predicted molar refractivity (Wildman–Crippen MR) is 107 cm³/mol. The SMILES string of the molecule is Cc1ccc([C@H]2CC(c3ccccc3)=NN2c2ccc(C(=O)O)cc2)cc1. The van der Waals surface area contributed by atoms with Crippen molar-refractivity contribution in [2.24, 2.45) is 5.10 Å². The van der Waals surface area contributed by atoms with E-state index >= 15 is 0 Å². The van der Waals surface area contributed by atoms with Gasteiger partial charge in [-0.2, -0.15) is 5.10 Å². The summed E-state index contributed by atoms with van der Waals surface area (Å²) in [5.41, 5.74) is 5.72. The van der Waals surface area contributed by atoms with Crippen molar-refractivity contribution in [3.63, 3.8) is 0 Å². The van der Waals surface area contributed by atoms with Gasteiger partial charge in [-0.1, -0.05) is 60.2 Å². The summed E-state index contributed by atoms with van der Waals surface area (Å²) < 4.78 is 0. The number of hydrogen-bond acceptors (Lipinski definition) is 3. The first-order valence-electron chi connectivity index (χ1n) is 8.94. The second-order valence-corrected chi connectivity index (χ2v) is 6.74. The third kappa shape index (κ3) is 3.47. The first kappa shape index (κ1) is 17.0. The van der Waals surface area contributed by atoms with Gasteiger partial charge in [-0.15, -0.1) is 0 Å². The number of carboxylic acid groups (broad SMARTS) is 1. The number of aryl methyl sites for hydroxylation is 1. The van der Waals surface area contributed by atoms with Crippen LogP contribution in [-0.2, 0) is 0 Å². The highest BCUT2D eigenvalue weighted by atomic mass is 16.4. The third-order valence-corrected chi connectivity index (χ3v) is 4.86. The summed E-state index contributed by atoms with van der Waals surface area (Å²) in [7, 11) is 0. The smallest absolute Gasteiger partial charge is 0.335 e. The molecule has 1 heterocycles. The van der Waals surface area contributed by atoms with Crippen molar-refractivity contribution in [2.75, 3.05) is 5.01 Å². The summed E-state index contributed by atoms with van der Waals surface area (Å²) in [6, 6.07) is 25.7. The Bertz CT molecular complexity index is 977. The van der Waals surface area contributed by atoms with Crippen LogP contribution in [0.2, 0.25) is 0 Å². The fourth-order valence-electron chi connectivity index (χ4n) is 3.36. The molecule has 0 aromatic heterocycles. The van der Waals surface area contributed by atoms with Gasteiger partial charge in [0.15, 0.2) is 0 Å². The molecule has 4 nitrogen and oxygen atoms in total. The fraction of sp³-hybridized carbons (Fsp3) is 0.130. The van der Waals surface area contributed by atoms with Gasteiger partial charge in [0, 0.05) is 6.42 Å². The minimum absolute atomic E-state index is 0.0801. The first-order chi connectivity index (χ1) is 13.1. The minimum atomic E-state index is -0.925. The number of aromatic carboxylic acids is 1. The van der Waals surface area contributed by atoms with Crippen molar-refractivity contribution in [1.82, 2.24) is 0 Å². The number of carbonyl (C=O) groups is 1. The lowest BCUT2D eigenvalue weighted by Crippen LogP contribution is -2.18. The van der Waals surface area contributed by atoms with Gasteiger partial charge in [0.05, 0.1) is 23.0 Å². The van der Waals surface area contributed by atoms with Gasteiger partial charge in [-0.05, 0) is 42.3 Å². The Kier molecular flexibility index (Phi) is 4.47. The van der Waals surface area contributed by atoms with Crippen LogP contribution < -0.4 is 5.01 Å². The first-order valence-corrected chi connectivity index (χ1v) is 8.94. The molecule has 1 aliphatic rings. The minimum Gasteiger partial charge on any atom is -0.478 e. The molecule has 4 heteroatoms. The summed E-state index contributed by atoms with van der Waals surface area (Å²) in [5.74, 6) is -0.925. The molecule has 0 radical (unpaired) electrons. The van der Waals surface area contributed by atoms with E-state index in [2.05, 4.69) is 43.3 Å². The lowest BCUT2D eigenvalue weighted by molar-refractivity contribution is 0.0697. The zero-order chi connectivity index (χ0) is 18.8. The average Bonchev–Trinajstić information content (AvgIpc) is 3.15. The predicted octanol–water partition coefficient (Wildman–Crippen LogP) is 5.05. The third-order valence-electron chi connectivity index (χ3n) is 4.86. The molecule has 0 aliphatic carbocycles. The largest absolute Gasteiger partial charge is 0.478 e. The van der Waals surface area contributed by atoms with Gasteiger partial charge in [0.1, 0.15) is 0 Å². The molecule has 3 aromatic carbocycles. The lowest BCUT2D eigenvalue weighted by atomic mass is 9.97. The molecule has 1 N–H and O–H groups in total. The Morgan fingerprint density at radius 3 is 2.26 bits per heavy atom. The lowest BCUT2D eigenvalue weighted by Gasteiger charge is -2.24. The van der Waals surface area contributed by atoms with Crippen LogP contribution in [0.5, 0.6) is 0 Å². The van der Waals surface area contributed by atoms with E-state index in [4.69, 9.17) is 10.2 Å². The Labute approximate surface area is 158 Å². The highest BCUT2D eigenvalue weighted by molar-refractivity contribution is 6.03. The molecule has 27 heavy (non-hydrogen) atoms. The van der Waals surface area contributed by atoms with Gasteiger partial charge in [0.2, 0.25) is 0 Å². The van der Waals surface area contributed by atoms with E-state index in [0.717, 1.165) is 23.4 Å². The van der Waals surface area contributed by atoms with E-state index in [1.165, 1.54) is 11.1 Å². The summed E-state index contributed by atoms with van der Waals surface area (Å²) in [4.78, 5) is 11.1. The number of rotatable bonds is 4. The second-order valence-electron chi connectivity index (χ2n) is 6.74. The normalized spacial score (nSPS) is 16.3. The fourth-order valence-corrected chi connectivity index (χ4v) is 3.36. The number of hydrazone groups is 1. The summed E-state index contributed by atoms with van der Waals surface area (Å²) >= 11 is 0.